The van der Waals surface area contributed by atoms with Gasteiger partial charge >= 0.3 is 0 Å². The van der Waals surface area contributed by atoms with Crippen LogP contribution in [0.25, 0.3) is 0 Å². The van der Waals surface area contributed by atoms with E-state index < -0.39 is 0 Å². The predicted octanol–water partition coefficient (Wildman–Crippen LogP) is 5.19. The monoisotopic (exact) mass is 325 g/mol. The molecular formula is C17H28BrN. The first-order valence-corrected chi connectivity index (χ1v) is 8.48. The van der Waals surface area contributed by atoms with Crippen molar-refractivity contribution in [1.29, 1.82) is 0 Å². The molecule has 19 heavy (non-hydrogen) atoms. The van der Waals surface area contributed by atoms with Crippen molar-refractivity contribution in [3.63, 3.8) is 0 Å². The number of rotatable bonds is 9. The summed E-state index contributed by atoms with van der Waals surface area (Å²) in [6, 6.07) is 9.20. The Morgan fingerprint density at radius 2 is 1.89 bits per heavy atom. The standard InChI is InChI=1S/C17H28BrN/c1-4-7-10-14(5-2)17(19-6-3)13-15-11-8-9-12-16(15)18/h8-9,11-12,14,17,19H,4-7,10,13H2,1-3H3. The number of likely N-dealkylation sites (N-methyl/N-ethyl adjacent to an activating group) is 1. The molecule has 0 aliphatic heterocycles. The van der Waals surface area contributed by atoms with Crippen LogP contribution in [0.4, 0.5) is 0 Å². The maximum absolute atomic E-state index is 3.70. The molecule has 1 nitrogen and oxygen atoms in total. The Labute approximate surface area is 127 Å². The van der Waals surface area contributed by atoms with Crippen molar-refractivity contribution in [3.05, 3.63) is 34.3 Å². The Morgan fingerprint density at radius 1 is 1.16 bits per heavy atom. The number of hydrogen-bond acceptors (Lipinski definition) is 1. The van der Waals surface area contributed by atoms with Crippen LogP contribution in [0.1, 0.15) is 52.0 Å². The van der Waals surface area contributed by atoms with E-state index in [9.17, 15) is 0 Å². The number of nitrogens with one attached hydrogen (secondary N) is 1. The zero-order valence-corrected chi connectivity index (χ0v) is 14.2. The number of unbranched alkanes of at least 4 members (excludes halogenated alkanes) is 1. The molecule has 0 fully saturated rings. The molecule has 0 spiro atoms. The molecule has 0 heterocycles. The van der Waals surface area contributed by atoms with Gasteiger partial charge in [-0.05, 0) is 36.9 Å². The van der Waals surface area contributed by atoms with E-state index in [0.29, 0.717) is 6.04 Å². The fourth-order valence-corrected chi connectivity index (χ4v) is 3.17. The van der Waals surface area contributed by atoms with Crippen LogP contribution in [0.15, 0.2) is 28.7 Å². The van der Waals surface area contributed by atoms with Gasteiger partial charge in [0.15, 0.2) is 0 Å². The van der Waals surface area contributed by atoms with Gasteiger partial charge in [0.05, 0.1) is 0 Å². The summed E-state index contributed by atoms with van der Waals surface area (Å²) in [5.74, 6) is 0.784. The molecule has 0 amide bonds. The summed E-state index contributed by atoms with van der Waals surface area (Å²) in [6.07, 6.45) is 6.37. The van der Waals surface area contributed by atoms with Crippen molar-refractivity contribution in [2.45, 2.75) is 58.9 Å². The van der Waals surface area contributed by atoms with Gasteiger partial charge in [-0.3, -0.25) is 0 Å². The highest BCUT2D eigenvalue weighted by Crippen LogP contribution is 2.24. The molecule has 0 bridgehead atoms. The molecule has 2 heteroatoms. The molecule has 1 N–H and O–H groups in total. The summed E-state index contributed by atoms with van der Waals surface area (Å²) in [5, 5.41) is 3.70. The van der Waals surface area contributed by atoms with Crippen molar-refractivity contribution in [2.24, 2.45) is 5.92 Å². The lowest BCUT2D eigenvalue weighted by Crippen LogP contribution is -2.38. The van der Waals surface area contributed by atoms with E-state index in [1.165, 1.54) is 35.7 Å². The van der Waals surface area contributed by atoms with Gasteiger partial charge in [0, 0.05) is 10.5 Å². The zero-order valence-electron chi connectivity index (χ0n) is 12.6. The summed E-state index contributed by atoms with van der Waals surface area (Å²) >= 11 is 3.67. The lowest BCUT2D eigenvalue weighted by atomic mass is 9.87. The first-order chi connectivity index (χ1) is 9.22. The van der Waals surface area contributed by atoms with Gasteiger partial charge in [0.25, 0.3) is 0 Å². The van der Waals surface area contributed by atoms with Crippen LogP contribution in [-0.4, -0.2) is 12.6 Å². The number of halogens is 1. The van der Waals surface area contributed by atoms with Crippen molar-refractivity contribution in [1.82, 2.24) is 5.32 Å². The Bertz CT molecular complexity index is 351. The SMILES string of the molecule is CCCCC(CC)C(Cc1ccccc1Br)NCC. The third kappa shape index (κ3) is 5.66. The average molecular weight is 326 g/mol. The minimum atomic E-state index is 0.597. The molecule has 0 aliphatic carbocycles. The Hall–Kier alpha value is -0.340. The molecule has 0 radical (unpaired) electrons. The van der Waals surface area contributed by atoms with Crippen molar-refractivity contribution in [2.75, 3.05) is 6.54 Å². The molecule has 1 aromatic rings. The second-order valence-corrected chi connectivity index (χ2v) is 6.12. The third-order valence-corrected chi connectivity index (χ3v) is 4.66. The minimum absolute atomic E-state index is 0.597. The first-order valence-electron chi connectivity index (χ1n) is 7.69. The van der Waals surface area contributed by atoms with E-state index in [-0.39, 0.29) is 0 Å². The zero-order chi connectivity index (χ0) is 14.1. The van der Waals surface area contributed by atoms with Crippen LogP contribution in [0, 0.1) is 5.92 Å². The smallest absolute Gasteiger partial charge is 0.0207 e. The van der Waals surface area contributed by atoms with Crippen LogP contribution in [0.5, 0.6) is 0 Å². The van der Waals surface area contributed by atoms with Gasteiger partial charge in [-0.25, -0.2) is 0 Å². The fourth-order valence-electron chi connectivity index (χ4n) is 2.72. The molecule has 0 aromatic heterocycles. The van der Waals surface area contributed by atoms with E-state index in [0.717, 1.165) is 18.9 Å². The second kappa shape index (κ2) is 9.55. The molecule has 2 atom stereocenters. The summed E-state index contributed by atoms with van der Waals surface area (Å²) in [5.41, 5.74) is 1.42. The Kier molecular flexibility index (Phi) is 8.40. The first kappa shape index (κ1) is 16.7. The molecule has 2 unspecified atom stereocenters. The molecule has 0 aliphatic rings. The lowest BCUT2D eigenvalue weighted by Gasteiger charge is -2.27. The highest BCUT2D eigenvalue weighted by Gasteiger charge is 2.19. The Balaban J connectivity index is 2.72. The Morgan fingerprint density at radius 3 is 2.47 bits per heavy atom. The molecule has 0 saturated heterocycles. The summed E-state index contributed by atoms with van der Waals surface area (Å²) < 4.78 is 1.24. The van der Waals surface area contributed by atoms with E-state index in [1.807, 2.05) is 0 Å². The van der Waals surface area contributed by atoms with Crippen molar-refractivity contribution in [3.8, 4) is 0 Å². The normalized spacial score (nSPS) is 14.3. The quantitative estimate of drug-likeness (QED) is 0.659. The van der Waals surface area contributed by atoms with Gasteiger partial charge < -0.3 is 5.32 Å². The van der Waals surface area contributed by atoms with E-state index in [4.69, 9.17) is 0 Å². The van der Waals surface area contributed by atoms with Gasteiger partial charge in [0.1, 0.15) is 0 Å². The van der Waals surface area contributed by atoms with E-state index in [1.54, 1.807) is 0 Å². The van der Waals surface area contributed by atoms with Crippen LogP contribution in [-0.2, 0) is 6.42 Å². The van der Waals surface area contributed by atoms with Gasteiger partial charge in [-0.2, -0.15) is 0 Å². The van der Waals surface area contributed by atoms with Gasteiger partial charge in [-0.1, -0.05) is 74.2 Å². The van der Waals surface area contributed by atoms with Crippen molar-refractivity contribution >= 4 is 15.9 Å². The van der Waals surface area contributed by atoms with Crippen LogP contribution in [0.3, 0.4) is 0 Å². The topological polar surface area (TPSA) is 12.0 Å². The van der Waals surface area contributed by atoms with E-state index >= 15 is 0 Å². The maximum atomic E-state index is 3.70. The fraction of sp³-hybridized carbons (Fsp3) is 0.647. The summed E-state index contributed by atoms with van der Waals surface area (Å²) in [7, 11) is 0. The van der Waals surface area contributed by atoms with Crippen molar-refractivity contribution < 1.29 is 0 Å². The van der Waals surface area contributed by atoms with Crippen LogP contribution in [0.2, 0.25) is 0 Å². The highest BCUT2D eigenvalue weighted by atomic mass is 79.9. The van der Waals surface area contributed by atoms with Crippen LogP contribution >= 0.6 is 15.9 Å². The van der Waals surface area contributed by atoms with Crippen LogP contribution < -0.4 is 5.32 Å². The molecule has 0 saturated carbocycles. The predicted molar refractivity (Wildman–Crippen MR) is 88.6 cm³/mol. The highest BCUT2D eigenvalue weighted by molar-refractivity contribution is 9.10. The minimum Gasteiger partial charge on any atom is -0.314 e. The third-order valence-electron chi connectivity index (χ3n) is 3.89. The lowest BCUT2D eigenvalue weighted by molar-refractivity contribution is 0.319. The largest absolute Gasteiger partial charge is 0.314 e. The summed E-state index contributed by atoms with van der Waals surface area (Å²) in [4.78, 5) is 0. The number of hydrogen-bond donors (Lipinski definition) is 1. The average Bonchev–Trinajstić information content (AvgIpc) is 2.42. The number of benzene rings is 1. The molecular weight excluding hydrogens is 298 g/mol. The molecule has 1 aromatic carbocycles. The second-order valence-electron chi connectivity index (χ2n) is 5.27. The van der Waals surface area contributed by atoms with Gasteiger partial charge in [0.2, 0.25) is 0 Å². The summed E-state index contributed by atoms with van der Waals surface area (Å²) in [6.45, 7) is 7.87. The van der Waals surface area contributed by atoms with Gasteiger partial charge in [-0.15, -0.1) is 0 Å². The van der Waals surface area contributed by atoms with E-state index in [2.05, 4.69) is 66.3 Å². The maximum Gasteiger partial charge on any atom is 0.0207 e. The molecule has 108 valence electrons. The molecule has 1 rings (SSSR count).